The van der Waals surface area contributed by atoms with Gasteiger partial charge >= 0.3 is 12.1 Å². The van der Waals surface area contributed by atoms with Crippen LogP contribution in [0, 0.1) is 0 Å². The van der Waals surface area contributed by atoms with Gasteiger partial charge in [-0.2, -0.15) is 0 Å². The number of methoxy groups -OCH3 is 3. The number of fused-ring (bicyclic) bond motifs is 1. The molecule has 7 heteroatoms. The zero-order chi connectivity index (χ0) is 20.9. The van der Waals surface area contributed by atoms with Gasteiger partial charge in [-0.05, 0) is 56.9 Å². The minimum atomic E-state index is -0.596. The second kappa shape index (κ2) is 8.99. The monoisotopic (exact) mass is 391 g/mol. The van der Waals surface area contributed by atoms with E-state index in [1.807, 2.05) is 32.9 Å². The van der Waals surface area contributed by atoms with Gasteiger partial charge in [0.25, 0.3) is 0 Å². The lowest BCUT2D eigenvalue weighted by molar-refractivity contribution is -0.134. The highest BCUT2D eigenvalue weighted by atomic mass is 16.6. The number of ether oxygens (including phenoxy) is 4. The summed E-state index contributed by atoms with van der Waals surface area (Å²) in [6.45, 7) is 6.02. The van der Waals surface area contributed by atoms with Crippen LogP contribution in [0.5, 0.6) is 11.5 Å². The van der Waals surface area contributed by atoms with Gasteiger partial charge in [-0.1, -0.05) is 6.08 Å². The van der Waals surface area contributed by atoms with Crippen molar-refractivity contribution in [1.82, 2.24) is 4.90 Å². The molecule has 1 aliphatic heterocycles. The Bertz CT molecular complexity index is 750. The summed E-state index contributed by atoms with van der Waals surface area (Å²) < 4.78 is 21.1. The van der Waals surface area contributed by atoms with Crippen LogP contribution in [0.2, 0.25) is 0 Å². The van der Waals surface area contributed by atoms with E-state index >= 15 is 0 Å². The first-order valence-corrected chi connectivity index (χ1v) is 9.19. The zero-order valence-corrected chi connectivity index (χ0v) is 17.4. The molecule has 0 fully saturated rings. The van der Waals surface area contributed by atoms with Crippen LogP contribution in [0.25, 0.3) is 0 Å². The number of hydrogen-bond donors (Lipinski definition) is 0. The van der Waals surface area contributed by atoms with Crippen LogP contribution in [0.15, 0.2) is 24.3 Å². The first-order chi connectivity index (χ1) is 13.2. The SMILES string of the molecule is COC(=O)/C=C/CC1c2cc(OC)c(OC)cc2CCN1C(=O)OC(C)(C)C. The van der Waals surface area contributed by atoms with Gasteiger partial charge in [-0.15, -0.1) is 0 Å². The van der Waals surface area contributed by atoms with Crippen LogP contribution in [0.3, 0.4) is 0 Å². The third-order valence-electron chi connectivity index (χ3n) is 4.45. The molecule has 1 aromatic carbocycles. The summed E-state index contributed by atoms with van der Waals surface area (Å²) in [7, 11) is 4.49. The molecule has 1 aliphatic rings. The van der Waals surface area contributed by atoms with Crippen LogP contribution in [0.1, 0.15) is 44.4 Å². The predicted molar refractivity (Wildman–Crippen MR) is 105 cm³/mol. The van der Waals surface area contributed by atoms with E-state index in [1.54, 1.807) is 25.2 Å². The fourth-order valence-electron chi connectivity index (χ4n) is 3.18. The molecule has 1 atom stereocenters. The van der Waals surface area contributed by atoms with Crippen molar-refractivity contribution in [3.63, 3.8) is 0 Å². The lowest BCUT2D eigenvalue weighted by Crippen LogP contribution is -2.43. The maximum absolute atomic E-state index is 12.8. The van der Waals surface area contributed by atoms with Gasteiger partial charge in [-0.25, -0.2) is 9.59 Å². The molecule has 2 rings (SSSR count). The molecule has 0 spiro atoms. The first-order valence-electron chi connectivity index (χ1n) is 9.19. The van der Waals surface area contributed by atoms with E-state index in [2.05, 4.69) is 4.74 Å². The molecule has 0 aromatic heterocycles. The minimum absolute atomic E-state index is 0.292. The summed E-state index contributed by atoms with van der Waals surface area (Å²) >= 11 is 0. The molecule has 28 heavy (non-hydrogen) atoms. The quantitative estimate of drug-likeness (QED) is 0.563. The molecule has 1 amide bonds. The normalized spacial score (nSPS) is 16.5. The summed E-state index contributed by atoms with van der Waals surface area (Å²) in [6, 6.07) is 3.54. The van der Waals surface area contributed by atoms with Crippen molar-refractivity contribution >= 4 is 12.1 Å². The number of esters is 1. The number of benzene rings is 1. The van der Waals surface area contributed by atoms with E-state index < -0.39 is 11.6 Å². The third-order valence-corrected chi connectivity index (χ3v) is 4.45. The molecule has 0 saturated heterocycles. The summed E-state index contributed by atoms with van der Waals surface area (Å²) in [6.07, 6.45) is 3.80. The van der Waals surface area contributed by atoms with E-state index in [0.29, 0.717) is 30.9 Å². The molecule has 0 N–H and O–H groups in total. The topological polar surface area (TPSA) is 74.3 Å². The molecular formula is C21H29NO6. The van der Waals surface area contributed by atoms with Crippen molar-refractivity contribution in [2.75, 3.05) is 27.9 Å². The molecule has 0 saturated carbocycles. The van der Waals surface area contributed by atoms with Crippen molar-refractivity contribution in [2.45, 2.75) is 45.3 Å². The largest absolute Gasteiger partial charge is 0.493 e. The van der Waals surface area contributed by atoms with E-state index in [4.69, 9.17) is 14.2 Å². The van der Waals surface area contributed by atoms with Gasteiger partial charge in [0.1, 0.15) is 5.60 Å². The number of hydrogen-bond acceptors (Lipinski definition) is 6. The number of amides is 1. The number of rotatable bonds is 5. The maximum atomic E-state index is 12.8. The van der Waals surface area contributed by atoms with Gasteiger partial charge in [0.15, 0.2) is 11.5 Å². The van der Waals surface area contributed by atoms with Gasteiger partial charge < -0.3 is 23.8 Å². The number of carbonyl (C=O) groups is 2. The summed E-state index contributed by atoms with van der Waals surface area (Å²) in [5, 5.41) is 0. The summed E-state index contributed by atoms with van der Waals surface area (Å²) in [4.78, 5) is 25.9. The van der Waals surface area contributed by atoms with Gasteiger partial charge in [-0.3, -0.25) is 0 Å². The highest BCUT2D eigenvalue weighted by Gasteiger charge is 2.34. The Hall–Kier alpha value is -2.70. The molecule has 1 heterocycles. The standard InChI is InChI=1S/C21H29NO6/c1-21(2,3)28-20(24)22-11-10-14-12-17(25-4)18(26-5)13-15(14)16(22)8-7-9-19(23)27-6/h7,9,12-13,16H,8,10-11H2,1-6H3/b9-7+. The highest BCUT2D eigenvalue weighted by molar-refractivity contribution is 5.81. The predicted octanol–water partition coefficient (Wildman–Crippen LogP) is 3.66. The molecule has 0 radical (unpaired) electrons. The van der Waals surface area contributed by atoms with Gasteiger partial charge in [0.05, 0.1) is 27.4 Å². The zero-order valence-electron chi connectivity index (χ0n) is 17.4. The molecule has 0 bridgehead atoms. The smallest absolute Gasteiger partial charge is 0.410 e. The van der Waals surface area contributed by atoms with E-state index in [0.717, 1.165) is 11.1 Å². The molecular weight excluding hydrogens is 362 g/mol. The first kappa shape index (κ1) is 21.6. The Morgan fingerprint density at radius 1 is 1.14 bits per heavy atom. The van der Waals surface area contributed by atoms with Crippen molar-refractivity contribution in [3.8, 4) is 11.5 Å². The van der Waals surface area contributed by atoms with Crippen LogP contribution < -0.4 is 9.47 Å². The van der Waals surface area contributed by atoms with Crippen molar-refractivity contribution in [1.29, 1.82) is 0 Å². The van der Waals surface area contributed by atoms with E-state index in [1.165, 1.54) is 13.2 Å². The summed E-state index contributed by atoms with van der Waals surface area (Å²) in [5.74, 6) is 0.803. The molecule has 154 valence electrons. The fraction of sp³-hybridized carbons (Fsp3) is 0.524. The van der Waals surface area contributed by atoms with Crippen LogP contribution in [-0.4, -0.2) is 50.4 Å². The van der Waals surface area contributed by atoms with Gasteiger partial charge in [0.2, 0.25) is 0 Å². The second-order valence-electron chi connectivity index (χ2n) is 7.51. The third kappa shape index (κ3) is 5.18. The van der Waals surface area contributed by atoms with Crippen molar-refractivity contribution in [2.24, 2.45) is 0 Å². The number of nitrogens with zero attached hydrogens (tertiary/aromatic N) is 1. The Kier molecular flexibility index (Phi) is 6.94. The lowest BCUT2D eigenvalue weighted by Gasteiger charge is -2.38. The Balaban J connectivity index is 2.41. The van der Waals surface area contributed by atoms with Crippen molar-refractivity contribution in [3.05, 3.63) is 35.4 Å². The molecule has 0 aliphatic carbocycles. The van der Waals surface area contributed by atoms with E-state index in [-0.39, 0.29) is 12.1 Å². The molecule has 1 unspecified atom stereocenters. The number of carbonyl (C=O) groups excluding carboxylic acids is 2. The van der Waals surface area contributed by atoms with Crippen LogP contribution >= 0.6 is 0 Å². The Labute approximate surface area is 166 Å². The van der Waals surface area contributed by atoms with Gasteiger partial charge in [0, 0.05) is 12.6 Å². The fourth-order valence-corrected chi connectivity index (χ4v) is 3.18. The van der Waals surface area contributed by atoms with Crippen LogP contribution in [0.4, 0.5) is 4.79 Å². The van der Waals surface area contributed by atoms with Crippen molar-refractivity contribution < 1.29 is 28.5 Å². The summed E-state index contributed by atoms with van der Waals surface area (Å²) in [5.41, 5.74) is 1.43. The average Bonchev–Trinajstić information content (AvgIpc) is 2.65. The second-order valence-corrected chi connectivity index (χ2v) is 7.51. The Morgan fingerprint density at radius 2 is 1.79 bits per heavy atom. The maximum Gasteiger partial charge on any atom is 0.410 e. The van der Waals surface area contributed by atoms with Crippen LogP contribution in [-0.2, 0) is 20.7 Å². The highest BCUT2D eigenvalue weighted by Crippen LogP contribution is 2.40. The molecule has 1 aromatic rings. The van der Waals surface area contributed by atoms with E-state index in [9.17, 15) is 9.59 Å². The average molecular weight is 391 g/mol. The Morgan fingerprint density at radius 3 is 2.36 bits per heavy atom. The lowest BCUT2D eigenvalue weighted by atomic mass is 9.90. The molecule has 7 nitrogen and oxygen atoms in total. The minimum Gasteiger partial charge on any atom is -0.493 e.